The molecule has 1 rings (SSSR count). The summed E-state index contributed by atoms with van der Waals surface area (Å²) in [5, 5.41) is 14.1. The third kappa shape index (κ3) is 9.48. The molecule has 0 aromatic carbocycles. The number of urea groups is 1. The predicted molar refractivity (Wildman–Crippen MR) is 79.0 cm³/mol. The second kappa shape index (κ2) is 10.7. The van der Waals surface area contributed by atoms with Gasteiger partial charge in [0.05, 0.1) is 6.33 Å². The number of imidazole rings is 1. The van der Waals surface area contributed by atoms with Crippen molar-refractivity contribution in [2.45, 2.75) is 45.1 Å². The largest absolute Gasteiger partial charge is 0.481 e. The lowest BCUT2D eigenvalue weighted by molar-refractivity contribution is -0.137. The monoisotopic (exact) mass is 296 g/mol. The maximum Gasteiger partial charge on any atom is 0.314 e. The molecule has 0 aliphatic rings. The Morgan fingerprint density at radius 2 is 1.76 bits per heavy atom. The first-order valence-corrected chi connectivity index (χ1v) is 7.37. The Morgan fingerprint density at radius 1 is 1.05 bits per heavy atom. The van der Waals surface area contributed by atoms with E-state index in [1.54, 1.807) is 12.5 Å². The van der Waals surface area contributed by atoms with Crippen LogP contribution in [0.5, 0.6) is 0 Å². The Hall–Kier alpha value is -2.05. The van der Waals surface area contributed by atoms with Gasteiger partial charge < -0.3 is 20.3 Å². The predicted octanol–water partition coefficient (Wildman–Crippen LogP) is 1.61. The number of carboxylic acid groups (broad SMARTS) is 1. The highest BCUT2D eigenvalue weighted by molar-refractivity contribution is 5.73. The van der Waals surface area contributed by atoms with Gasteiger partial charge >= 0.3 is 12.0 Å². The topological polar surface area (TPSA) is 96.3 Å². The zero-order valence-corrected chi connectivity index (χ0v) is 12.3. The van der Waals surface area contributed by atoms with Crippen LogP contribution >= 0.6 is 0 Å². The molecule has 0 bridgehead atoms. The van der Waals surface area contributed by atoms with E-state index in [1.807, 2.05) is 10.8 Å². The summed E-state index contributed by atoms with van der Waals surface area (Å²) in [6, 6.07) is -0.147. The SMILES string of the molecule is O=C(O)CCCCCCNC(=O)NCCCn1ccnc1. The highest BCUT2D eigenvalue weighted by Crippen LogP contribution is 2.01. The minimum absolute atomic E-state index is 0.147. The second-order valence-electron chi connectivity index (χ2n) is 4.89. The lowest BCUT2D eigenvalue weighted by Crippen LogP contribution is -2.36. The van der Waals surface area contributed by atoms with Crippen molar-refractivity contribution >= 4 is 12.0 Å². The molecule has 0 fully saturated rings. The molecular weight excluding hydrogens is 272 g/mol. The number of aliphatic carboxylic acids is 1. The Balaban J connectivity index is 1.86. The number of hydrogen-bond acceptors (Lipinski definition) is 3. The molecule has 7 nitrogen and oxygen atoms in total. The van der Waals surface area contributed by atoms with Gasteiger partial charge in [0.15, 0.2) is 0 Å². The summed E-state index contributed by atoms with van der Waals surface area (Å²) >= 11 is 0. The molecule has 1 aromatic rings. The third-order valence-electron chi connectivity index (χ3n) is 3.04. The molecule has 0 atom stereocenters. The van der Waals surface area contributed by atoms with E-state index in [0.29, 0.717) is 19.5 Å². The van der Waals surface area contributed by atoms with E-state index in [9.17, 15) is 9.59 Å². The second-order valence-corrected chi connectivity index (χ2v) is 4.89. The van der Waals surface area contributed by atoms with Crippen LogP contribution in [0.15, 0.2) is 18.7 Å². The molecule has 2 amide bonds. The van der Waals surface area contributed by atoms with Crippen LogP contribution in [0.25, 0.3) is 0 Å². The normalized spacial score (nSPS) is 10.3. The Kier molecular flexibility index (Phi) is 8.67. The molecule has 1 heterocycles. The Labute approximate surface area is 124 Å². The number of aromatic nitrogens is 2. The van der Waals surface area contributed by atoms with Crippen LogP contribution < -0.4 is 10.6 Å². The van der Waals surface area contributed by atoms with E-state index in [0.717, 1.165) is 32.2 Å². The molecule has 21 heavy (non-hydrogen) atoms. The van der Waals surface area contributed by atoms with Gasteiger partial charge in [-0.25, -0.2) is 9.78 Å². The van der Waals surface area contributed by atoms with Gasteiger partial charge in [-0.15, -0.1) is 0 Å². The van der Waals surface area contributed by atoms with E-state index in [2.05, 4.69) is 15.6 Å². The van der Waals surface area contributed by atoms with Crippen molar-refractivity contribution in [3.8, 4) is 0 Å². The first-order valence-electron chi connectivity index (χ1n) is 7.37. The Morgan fingerprint density at radius 3 is 2.43 bits per heavy atom. The van der Waals surface area contributed by atoms with Crippen LogP contribution in [0.3, 0.4) is 0 Å². The average Bonchev–Trinajstić information content (AvgIpc) is 2.95. The number of amides is 2. The van der Waals surface area contributed by atoms with E-state index in [-0.39, 0.29) is 12.5 Å². The lowest BCUT2D eigenvalue weighted by atomic mass is 10.1. The number of rotatable bonds is 11. The quantitative estimate of drug-likeness (QED) is 0.540. The summed E-state index contributed by atoms with van der Waals surface area (Å²) in [6.45, 7) is 2.09. The van der Waals surface area contributed by atoms with Crippen molar-refractivity contribution in [2.24, 2.45) is 0 Å². The van der Waals surface area contributed by atoms with Crippen molar-refractivity contribution in [1.29, 1.82) is 0 Å². The van der Waals surface area contributed by atoms with E-state index < -0.39 is 5.97 Å². The summed E-state index contributed by atoms with van der Waals surface area (Å²) in [4.78, 5) is 25.7. The zero-order valence-electron chi connectivity index (χ0n) is 12.3. The molecule has 0 aliphatic carbocycles. The van der Waals surface area contributed by atoms with Crippen LogP contribution in [-0.4, -0.2) is 39.7 Å². The average molecular weight is 296 g/mol. The van der Waals surface area contributed by atoms with Crippen molar-refractivity contribution in [2.75, 3.05) is 13.1 Å². The highest BCUT2D eigenvalue weighted by atomic mass is 16.4. The smallest absolute Gasteiger partial charge is 0.314 e. The fourth-order valence-corrected chi connectivity index (χ4v) is 1.90. The molecule has 118 valence electrons. The summed E-state index contributed by atoms with van der Waals surface area (Å²) in [5.74, 6) is -0.747. The van der Waals surface area contributed by atoms with Gasteiger partial charge in [0.25, 0.3) is 0 Å². The number of nitrogens with one attached hydrogen (secondary N) is 2. The zero-order chi connectivity index (χ0) is 15.3. The molecule has 3 N–H and O–H groups in total. The van der Waals surface area contributed by atoms with Gasteiger partial charge in [0.1, 0.15) is 0 Å². The van der Waals surface area contributed by atoms with Gasteiger partial charge in [-0.1, -0.05) is 12.8 Å². The summed E-state index contributed by atoms with van der Waals surface area (Å²) in [6.07, 6.45) is 9.88. The molecule has 1 aromatic heterocycles. The van der Waals surface area contributed by atoms with Crippen LogP contribution in [0.4, 0.5) is 4.79 Å². The molecule has 0 aliphatic heterocycles. The standard InChI is InChI=1S/C14H24N4O3/c19-13(20)6-3-1-2-4-7-16-14(21)17-8-5-10-18-11-9-15-12-18/h9,11-12H,1-8,10H2,(H,19,20)(H2,16,17,21). The number of nitrogens with zero attached hydrogens (tertiary/aromatic N) is 2. The van der Waals surface area contributed by atoms with Gasteiger partial charge in [0.2, 0.25) is 0 Å². The van der Waals surface area contributed by atoms with Crippen molar-refractivity contribution in [3.05, 3.63) is 18.7 Å². The molecule has 0 saturated heterocycles. The number of carbonyl (C=O) groups is 2. The molecular formula is C14H24N4O3. The van der Waals surface area contributed by atoms with Crippen molar-refractivity contribution in [1.82, 2.24) is 20.2 Å². The van der Waals surface area contributed by atoms with Gasteiger partial charge in [-0.2, -0.15) is 0 Å². The Bertz CT molecular complexity index is 406. The minimum atomic E-state index is -0.747. The van der Waals surface area contributed by atoms with Gasteiger partial charge in [-0.3, -0.25) is 4.79 Å². The number of hydrogen-bond donors (Lipinski definition) is 3. The van der Waals surface area contributed by atoms with E-state index in [4.69, 9.17) is 5.11 Å². The summed E-state index contributed by atoms with van der Waals surface area (Å²) in [5.41, 5.74) is 0. The van der Waals surface area contributed by atoms with Crippen molar-refractivity contribution in [3.63, 3.8) is 0 Å². The van der Waals surface area contributed by atoms with Crippen LogP contribution in [0, 0.1) is 0 Å². The number of carboxylic acids is 1. The van der Waals surface area contributed by atoms with Crippen LogP contribution in [0.2, 0.25) is 0 Å². The third-order valence-corrected chi connectivity index (χ3v) is 3.04. The molecule has 0 radical (unpaired) electrons. The first-order chi connectivity index (χ1) is 10.2. The molecule has 7 heteroatoms. The maximum absolute atomic E-state index is 11.5. The minimum Gasteiger partial charge on any atom is -0.481 e. The molecule has 0 saturated carbocycles. The maximum atomic E-state index is 11.5. The lowest BCUT2D eigenvalue weighted by Gasteiger charge is -2.07. The summed E-state index contributed by atoms with van der Waals surface area (Å²) < 4.78 is 1.97. The van der Waals surface area contributed by atoms with Crippen molar-refractivity contribution < 1.29 is 14.7 Å². The number of carbonyl (C=O) groups excluding carboxylic acids is 1. The number of unbranched alkanes of at least 4 members (excludes halogenated alkanes) is 3. The van der Waals surface area contributed by atoms with Gasteiger partial charge in [0, 0.05) is 38.4 Å². The highest BCUT2D eigenvalue weighted by Gasteiger charge is 1.99. The fraction of sp³-hybridized carbons (Fsp3) is 0.643. The van der Waals surface area contributed by atoms with E-state index >= 15 is 0 Å². The van der Waals surface area contributed by atoms with E-state index in [1.165, 1.54) is 0 Å². The number of aryl methyl sites for hydroxylation is 1. The fourth-order valence-electron chi connectivity index (χ4n) is 1.90. The molecule has 0 spiro atoms. The first kappa shape index (κ1) is 17.0. The van der Waals surface area contributed by atoms with Crippen LogP contribution in [-0.2, 0) is 11.3 Å². The molecule has 0 unspecified atom stereocenters. The van der Waals surface area contributed by atoms with Gasteiger partial charge in [-0.05, 0) is 19.3 Å². The van der Waals surface area contributed by atoms with Crippen LogP contribution in [0.1, 0.15) is 38.5 Å². The summed E-state index contributed by atoms with van der Waals surface area (Å²) in [7, 11) is 0.